The number of benzene rings is 1. The zero-order chi connectivity index (χ0) is 19.9. The lowest BCUT2D eigenvalue weighted by Crippen LogP contribution is -2.11. The first-order chi connectivity index (χ1) is 13.1. The number of ether oxygens (including phenoxy) is 1. The van der Waals surface area contributed by atoms with Crippen LogP contribution in [-0.4, -0.2) is 18.5 Å². The summed E-state index contributed by atoms with van der Waals surface area (Å²) in [6.45, 7) is 4.12. The lowest BCUT2D eigenvalue weighted by Gasteiger charge is -2.06. The number of carbonyl (C=O) groups is 2. The van der Waals surface area contributed by atoms with Gasteiger partial charge in [-0.3, -0.25) is 4.79 Å². The van der Waals surface area contributed by atoms with Gasteiger partial charge in [-0.15, -0.1) is 0 Å². The molecule has 0 heterocycles. The minimum absolute atomic E-state index is 0.0103. The van der Waals surface area contributed by atoms with Crippen molar-refractivity contribution < 1.29 is 14.3 Å². The fourth-order valence-corrected chi connectivity index (χ4v) is 2.64. The van der Waals surface area contributed by atoms with Gasteiger partial charge in [-0.1, -0.05) is 57.6 Å². The molecule has 1 aromatic rings. The van der Waals surface area contributed by atoms with Crippen LogP contribution in [-0.2, 0) is 14.3 Å². The van der Waals surface area contributed by atoms with E-state index in [1.165, 1.54) is 38.2 Å². The van der Waals surface area contributed by atoms with Gasteiger partial charge >= 0.3 is 5.97 Å². The predicted molar refractivity (Wildman–Crippen MR) is 108 cm³/mol. The molecule has 5 heteroatoms. The first-order valence-electron chi connectivity index (χ1n) is 9.79. The van der Waals surface area contributed by atoms with E-state index >= 15 is 0 Å². The van der Waals surface area contributed by atoms with Crippen molar-refractivity contribution in [2.45, 2.75) is 65.2 Å². The second-order valence-corrected chi connectivity index (χ2v) is 6.43. The average molecular weight is 370 g/mol. The summed E-state index contributed by atoms with van der Waals surface area (Å²) < 4.78 is 4.83. The summed E-state index contributed by atoms with van der Waals surface area (Å²) in [5, 5.41) is 11.9. The number of amides is 1. The first-order valence-corrected chi connectivity index (χ1v) is 9.79. The molecule has 0 atom stereocenters. The molecule has 0 bridgehead atoms. The van der Waals surface area contributed by atoms with Gasteiger partial charge in [0, 0.05) is 12.1 Å². The molecule has 0 spiro atoms. The number of rotatable bonds is 12. The lowest BCUT2D eigenvalue weighted by atomic mass is 10.1. The number of carbonyl (C=O) groups excluding carboxylic acids is 2. The summed E-state index contributed by atoms with van der Waals surface area (Å²) in [7, 11) is 0. The largest absolute Gasteiger partial charge is 0.462 e. The Labute approximate surface area is 162 Å². The van der Waals surface area contributed by atoms with E-state index in [0.717, 1.165) is 12.8 Å². The van der Waals surface area contributed by atoms with Crippen molar-refractivity contribution in [1.29, 1.82) is 5.26 Å². The van der Waals surface area contributed by atoms with Crippen LogP contribution in [0.5, 0.6) is 0 Å². The van der Waals surface area contributed by atoms with Gasteiger partial charge in [-0.05, 0) is 37.1 Å². The van der Waals surface area contributed by atoms with Crippen LogP contribution >= 0.6 is 0 Å². The van der Waals surface area contributed by atoms with Crippen LogP contribution in [0.4, 0.5) is 5.69 Å². The number of anilines is 1. The molecule has 0 radical (unpaired) electrons. The molecule has 0 saturated heterocycles. The van der Waals surface area contributed by atoms with Gasteiger partial charge in [0.05, 0.1) is 6.61 Å². The van der Waals surface area contributed by atoms with Crippen molar-refractivity contribution in [3.8, 4) is 6.07 Å². The van der Waals surface area contributed by atoms with E-state index in [1.54, 1.807) is 31.2 Å². The molecule has 1 aromatic carbocycles. The van der Waals surface area contributed by atoms with Crippen LogP contribution in [0.3, 0.4) is 0 Å². The lowest BCUT2D eigenvalue weighted by molar-refractivity contribution is -0.137. The van der Waals surface area contributed by atoms with Crippen LogP contribution < -0.4 is 5.32 Å². The molecule has 5 nitrogen and oxygen atoms in total. The van der Waals surface area contributed by atoms with Crippen molar-refractivity contribution in [2.24, 2.45) is 0 Å². The first kappa shape index (κ1) is 22.4. The highest BCUT2D eigenvalue weighted by Gasteiger charge is 2.09. The third kappa shape index (κ3) is 9.60. The van der Waals surface area contributed by atoms with Crippen LogP contribution in [0.1, 0.15) is 70.8 Å². The standard InChI is InChI=1S/C22H30N2O3/c1-3-5-6-7-8-9-10-11-21(25)24-20-14-12-18(13-15-20)16-19(17-23)22(26)27-4-2/h12-16H,3-11H2,1-2H3,(H,24,25)/b19-16-. The van der Waals surface area contributed by atoms with Crippen molar-refractivity contribution >= 4 is 23.6 Å². The Balaban J connectivity index is 2.42. The summed E-state index contributed by atoms with van der Waals surface area (Å²) in [4.78, 5) is 23.6. The quantitative estimate of drug-likeness (QED) is 0.236. The second-order valence-electron chi connectivity index (χ2n) is 6.43. The van der Waals surface area contributed by atoms with Crippen molar-refractivity contribution in [1.82, 2.24) is 0 Å². The topological polar surface area (TPSA) is 79.2 Å². The van der Waals surface area contributed by atoms with Crippen molar-refractivity contribution in [2.75, 3.05) is 11.9 Å². The Hall–Kier alpha value is -2.61. The number of nitrogens with zero attached hydrogens (tertiary/aromatic N) is 1. The van der Waals surface area contributed by atoms with Crippen LogP contribution in [0.15, 0.2) is 29.8 Å². The number of nitriles is 1. The van der Waals surface area contributed by atoms with Crippen molar-refractivity contribution in [3.63, 3.8) is 0 Å². The molecule has 1 N–H and O–H groups in total. The molecule has 0 aliphatic carbocycles. The number of hydrogen-bond donors (Lipinski definition) is 1. The normalized spacial score (nSPS) is 10.9. The SMILES string of the molecule is CCCCCCCCCC(=O)Nc1ccc(/C=C(/C#N)C(=O)OCC)cc1. The Morgan fingerprint density at radius 1 is 1.04 bits per heavy atom. The van der Waals surface area contributed by atoms with E-state index < -0.39 is 5.97 Å². The van der Waals surface area contributed by atoms with Gasteiger partial charge in [-0.25, -0.2) is 4.79 Å². The van der Waals surface area contributed by atoms with Gasteiger partial charge in [0.25, 0.3) is 0 Å². The third-order valence-electron chi connectivity index (χ3n) is 4.13. The van der Waals surface area contributed by atoms with E-state index in [1.807, 2.05) is 6.07 Å². The number of unbranched alkanes of at least 4 members (excludes halogenated alkanes) is 6. The number of esters is 1. The van der Waals surface area contributed by atoms with Gasteiger partial charge in [0.2, 0.25) is 5.91 Å². The Morgan fingerprint density at radius 2 is 1.67 bits per heavy atom. The maximum Gasteiger partial charge on any atom is 0.348 e. The maximum absolute atomic E-state index is 12.0. The molecule has 1 rings (SSSR count). The van der Waals surface area contributed by atoms with E-state index in [0.29, 0.717) is 17.7 Å². The summed E-state index contributed by atoms with van der Waals surface area (Å²) in [6.07, 6.45) is 10.3. The van der Waals surface area contributed by atoms with E-state index in [-0.39, 0.29) is 18.1 Å². The minimum atomic E-state index is -0.632. The van der Waals surface area contributed by atoms with Gasteiger partial charge in [0.15, 0.2) is 0 Å². The molecule has 0 saturated carbocycles. The average Bonchev–Trinajstić information content (AvgIpc) is 2.66. The molecule has 0 fully saturated rings. The third-order valence-corrected chi connectivity index (χ3v) is 4.13. The van der Waals surface area contributed by atoms with Crippen molar-refractivity contribution in [3.05, 3.63) is 35.4 Å². The molecule has 1 amide bonds. The fraction of sp³-hybridized carbons (Fsp3) is 0.500. The molecule has 0 aliphatic heterocycles. The molecule has 0 unspecified atom stereocenters. The molecule has 27 heavy (non-hydrogen) atoms. The molecular formula is C22H30N2O3. The summed E-state index contributed by atoms with van der Waals surface area (Å²) in [6, 6.07) is 8.86. The zero-order valence-electron chi connectivity index (χ0n) is 16.4. The van der Waals surface area contributed by atoms with E-state index in [2.05, 4.69) is 12.2 Å². The Kier molecular flexibility index (Phi) is 11.3. The molecule has 0 aromatic heterocycles. The van der Waals surface area contributed by atoms with Crippen LogP contribution in [0.2, 0.25) is 0 Å². The summed E-state index contributed by atoms with van der Waals surface area (Å²) in [5.41, 5.74) is 1.35. The highest BCUT2D eigenvalue weighted by Crippen LogP contribution is 2.14. The van der Waals surface area contributed by atoms with Gasteiger partial charge < -0.3 is 10.1 Å². The van der Waals surface area contributed by atoms with Crippen LogP contribution in [0, 0.1) is 11.3 Å². The Morgan fingerprint density at radius 3 is 2.26 bits per heavy atom. The molecule has 0 aliphatic rings. The number of nitrogens with one attached hydrogen (secondary N) is 1. The maximum atomic E-state index is 12.0. The summed E-state index contributed by atoms with van der Waals surface area (Å²) >= 11 is 0. The molecule has 146 valence electrons. The second kappa shape index (κ2) is 13.6. The van der Waals surface area contributed by atoms with E-state index in [9.17, 15) is 9.59 Å². The smallest absolute Gasteiger partial charge is 0.348 e. The Bertz CT molecular complexity index is 657. The highest BCUT2D eigenvalue weighted by molar-refractivity contribution is 5.98. The fourth-order valence-electron chi connectivity index (χ4n) is 2.64. The van der Waals surface area contributed by atoms with E-state index in [4.69, 9.17) is 10.00 Å². The van der Waals surface area contributed by atoms with Gasteiger partial charge in [-0.2, -0.15) is 5.26 Å². The highest BCUT2D eigenvalue weighted by atomic mass is 16.5. The van der Waals surface area contributed by atoms with Gasteiger partial charge in [0.1, 0.15) is 11.6 Å². The summed E-state index contributed by atoms with van der Waals surface area (Å²) in [5.74, 6) is -0.622. The monoisotopic (exact) mass is 370 g/mol. The molecular weight excluding hydrogens is 340 g/mol. The zero-order valence-corrected chi connectivity index (χ0v) is 16.4. The number of hydrogen-bond acceptors (Lipinski definition) is 4. The predicted octanol–water partition coefficient (Wildman–Crippen LogP) is 5.24. The van der Waals surface area contributed by atoms with Crippen LogP contribution in [0.25, 0.3) is 6.08 Å². The minimum Gasteiger partial charge on any atom is -0.462 e.